The highest BCUT2D eigenvalue weighted by Crippen LogP contribution is 2.34. The number of aryl methyl sites for hydroxylation is 1. The molecule has 0 spiro atoms. The van der Waals surface area contributed by atoms with E-state index in [9.17, 15) is 4.79 Å². The zero-order valence-corrected chi connectivity index (χ0v) is 15.2. The molecule has 27 heavy (non-hydrogen) atoms. The van der Waals surface area contributed by atoms with Crippen molar-refractivity contribution < 1.29 is 4.79 Å². The molecule has 1 saturated heterocycles. The molecule has 1 aliphatic heterocycles. The number of aromatic nitrogens is 4. The number of benzene rings is 1. The van der Waals surface area contributed by atoms with Crippen molar-refractivity contribution in [2.45, 2.75) is 32.4 Å². The van der Waals surface area contributed by atoms with Crippen molar-refractivity contribution in [2.75, 3.05) is 6.54 Å². The average molecular weight is 359 g/mol. The molecule has 4 aromatic rings. The van der Waals surface area contributed by atoms with Crippen molar-refractivity contribution in [2.24, 2.45) is 0 Å². The molecule has 1 aliphatic rings. The van der Waals surface area contributed by atoms with Gasteiger partial charge in [-0.25, -0.2) is 0 Å². The van der Waals surface area contributed by atoms with E-state index in [0.717, 1.165) is 53.9 Å². The minimum absolute atomic E-state index is 0.0429. The summed E-state index contributed by atoms with van der Waals surface area (Å²) in [4.78, 5) is 15.5. The Labute approximate surface area is 157 Å². The predicted molar refractivity (Wildman–Crippen MR) is 104 cm³/mol. The molecule has 0 radical (unpaired) electrons. The van der Waals surface area contributed by atoms with E-state index in [1.54, 1.807) is 0 Å². The number of likely N-dealkylation sites (tertiary alicyclic amines) is 1. The molecular formula is C21H21N5O. The molecule has 1 fully saturated rings. The second-order valence-corrected chi connectivity index (χ2v) is 6.99. The Hall–Kier alpha value is -3.15. The van der Waals surface area contributed by atoms with Crippen LogP contribution in [0, 0.1) is 0 Å². The fourth-order valence-electron chi connectivity index (χ4n) is 4.20. The van der Waals surface area contributed by atoms with Gasteiger partial charge < -0.3 is 9.47 Å². The van der Waals surface area contributed by atoms with Gasteiger partial charge in [0.2, 0.25) is 0 Å². The zero-order chi connectivity index (χ0) is 18.4. The number of amides is 1. The van der Waals surface area contributed by atoms with Crippen LogP contribution in [-0.2, 0) is 6.54 Å². The highest BCUT2D eigenvalue weighted by Gasteiger charge is 2.34. The number of rotatable bonds is 3. The average Bonchev–Trinajstić information content (AvgIpc) is 3.43. The SMILES string of the molecule is CCn1cc(C(=O)N2CCC[C@@H]2c2nnc3ccccn23)c2ccccc21. The van der Waals surface area contributed by atoms with Crippen molar-refractivity contribution in [1.82, 2.24) is 24.1 Å². The number of carbonyl (C=O) groups is 1. The van der Waals surface area contributed by atoms with E-state index in [-0.39, 0.29) is 11.9 Å². The summed E-state index contributed by atoms with van der Waals surface area (Å²) < 4.78 is 4.13. The summed E-state index contributed by atoms with van der Waals surface area (Å²) in [6.45, 7) is 3.69. The maximum atomic E-state index is 13.5. The molecule has 0 N–H and O–H groups in total. The summed E-state index contributed by atoms with van der Waals surface area (Å²) >= 11 is 0. The van der Waals surface area contributed by atoms with Gasteiger partial charge in [-0.2, -0.15) is 0 Å². The molecule has 0 bridgehead atoms. The molecule has 136 valence electrons. The fraction of sp³-hybridized carbons (Fsp3) is 0.286. The van der Waals surface area contributed by atoms with Gasteiger partial charge in [-0.05, 0) is 38.0 Å². The summed E-state index contributed by atoms with van der Waals surface area (Å²) in [5.41, 5.74) is 2.69. The minimum Gasteiger partial charge on any atom is -0.347 e. The standard InChI is InChI=1S/C21H21N5O/c1-2-24-14-16(15-8-3-4-9-17(15)24)21(27)25-13-7-10-18(25)20-23-22-19-11-5-6-12-26(19)20/h3-6,8-9,11-12,14,18H,2,7,10,13H2,1H3/t18-/m1/s1. The Morgan fingerprint density at radius 3 is 2.89 bits per heavy atom. The monoisotopic (exact) mass is 359 g/mol. The van der Waals surface area contributed by atoms with Gasteiger partial charge in [-0.1, -0.05) is 24.3 Å². The van der Waals surface area contributed by atoms with Crippen LogP contribution in [0.3, 0.4) is 0 Å². The smallest absolute Gasteiger partial charge is 0.256 e. The van der Waals surface area contributed by atoms with E-state index < -0.39 is 0 Å². The third-order valence-electron chi connectivity index (χ3n) is 5.51. The lowest BCUT2D eigenvalue weighted by Crippen LogP contribution is -2.31. The normalized spacial score (nSPS) is 17.2. The zero-order valence-electron chi connectivity index (χ0n) is 15.2. The van der Waals surface area contributed by atoms with Crippen LogP contribution in [-0.4, -0.2) is 36.5 Å². The van der Waals surface area contributed by atoms with Crippen molar-refractivity contribution in [3.8, 4) is 0 Å². The molecule has 5 rings (SSSR count). The van der Waals surface area contributed by atoms with E-state index in [1.165, 1.54) is 0 Å². The van der Waals surface area contributed by atoms with Crippen molar-refractivity contribution in [3.63, 3.8) is 0 Å². The van der Waals surface area contributed by atoms with Crippen LogP contribution in [0.5, 0.6) is 0 Å². The van der Waals surface area contributed by atoms with Crippen LogP contribution in [0.1, 0.15) is 42.0 Å². The largest absolute Gasteiger partial charge is 0.347 e. The van der Waals surface area contributed by atoms with Gasteiger partial charge in [-0.3, -0.25) is 9.20 Å². The molecule has 0 aliphatic carbocycles. The second-order valence-electron chi connectivity index (χ2n) is 6.99. The van der Waals surface area contributed by atoms with Gasteiger partial charge in [0.05, 0.1) is 11.6 Å². The summed E-state index contributed by atoms with van der Waals surface area (Å²) in [6, 6.07) is 13.9. The van der Waals surface area contributed by atoms with Crippen molar-refractivity contribution in [3.05, 3.63) is 66.2 Å². The number of hydrogen-bond acceptors (Lipinski definition) is 3. The lowest BCUT2D eigenvalue weighted by Gasteiger charge is -2.23. The van der Waals surface area contributed by atoms with Crippen molar-refractivity contribution >= 4 is 22.5 Å². The Bertz CT molecular complexity index is 1140. The van der Waals surface area contributed by atoms with E-state index in [4.69, 9.17) is 0 Å². The first-order valence-corrected chi connectivity index (χ1v) is 9.46. The van der Waals surface area contributed by atoms with Crippen LogP contribution in [0.25, 0.3) is 16.6 Å². The van der Waals surface area contributed by atoms with Crippen LogP contribution < -0.4 is 0 Å². The third-order valence-corrected chi connectivity index (χ3v) is 5.51. The number of nitrogens with zero attached hydrogens (tertiary/aromatic N) is 5. The van der Waals surface area contributed by atoms with Crippen LogP contribution >= 0.6 is 0 Å². The lowest BCUT2D eigenvalue weighted by molar-refractivity contribution is 0.0731. The Kier molecular flexibility index (Phi) is 3.70. The Morgan fingerprint density at radius 2 is 2.00 bits per heavy atom. The molecule has 0 saturated carbocycles. The van der Waals surface area contributed by atoms with E-state index in [1.807, 2.05) is 58.1 Å². The molecule has 6 heteroatoms. The highest BCUT2D eigenvalue weighted by molar-refractivity contribution is 6.07. The summed E-state index contributed by atoms with van der Waals surface area (Å²) in [7, 11) is 0. The molecule has 1 aromatic carbocycles. The van der Waals surface area contributed by atoms with Gasteiger partial charge >= 0.3 is 0 Å². The van der Waals surface area contributed by atoms with Gasteiger partial charge in [-0.15, -0.1) is 10.2 Å². The minimum atomic E-state index is -0.0429. The molecule has 1 atom stereocenters. The number of pyridine rings is 1. The third kappa shape index (κ3) is 2.44. The molecule has 0 unspecified atom stereocenters. The number of para-hydroxylation sites is 1. The Morgan fingerprint density at radius 1 is 1.15 bits per heavy atom. The van der Waals surface area contributed by atoms with Gasteiger partial charge in [0.1, 0.15) is 0 Å². The first-order valence-electron chi connectivity index (χ1n) is 9.46. The summed E-state index contributed by atoms with van der Waals surface area (Å²) in [5.74, 6) is 0.921. The lowest BCUT2D eigenvalue weighted by atomic mass is 10.1. The van der Waals surface area contributed by atoms with Gasteiger partial charge in [0, 0.05) is 36.4 Å². The number of carbonyl (C=O) groups excluding carboxylic acids is 1. The summed E-state index contributed by atoms with van der Waals surface area (Å²) in [5, 5.41) is 9.68. The number of fused-ring (bicyclic) bond motifs is 2. The maximum Gasteiger partial charge on any atom is 0.256 e. The fourth-order valence-corrected chi connectivity index (χ4v) is 4.20. The van der Waals surface area contributed by atoms with E-state index in [0.29, 0.717) is 0 Å². The summed E-state index contributed by atoms with van der Waals surface area (Å²) in [6.07, 6.45) is 5.84. The van der Waals surface area contributed by atoms with Gasteiger partial charge in [0.15, 0.2) is 11.5 Å². The molecule has 4 heterocycles. The van der Waals surface area contributed by atoms with Crippen LogP contribution in [0.2, 0.25) is 0 Å². The van der Waals surface area contributed by atoms with E-state index in [2.05, 4.69) is 27.8 Å². The number of hydrogen-bond donors (Lipinski definition) is 0. The molecule has 3 aromatic heterocycles. The van der Waals surface area contributed by atoms with Crippen LogP contribution in [0.4, 0.5) is 0 Å². The van der Waals surface area contributed by atoms with Crippen molar-refractivity contribution in [1.29, 1.82) is 0 Å². The van der Waals surface area contributed by atoms with E-state index >= 15 is 0 Å². The topological polar surface area (TPSA) is 55.4 Å². The molecular weight excluding hydrogens is 338 g/mol. The predicted octanol–water partition coefficient (Wildman–Crippen LogP) is 3.68. The molecule has 6 nitrogen and oxygen atoms in total. The molecule has 1 amide bonds. The second kappa shape index (κ2) is 6.23. The Balaban J connectivity index is 1.57. The first-order chi connectivity index (χ1) is 13.3. The van der Waals surface area contributed by atoms with Crippen LogP contribution in [0.15, 0.2) is 54.9 Å². The maximum absolute atomic E-state index is 13.5. The quantitative estimate of drug-likeness (QED) is 0.561. The first kappa shape index (κ1) is 16.1. The van der Waals surface area contributed by atoms with Gasteiger partial charge in [0.25, 0.3) is 5.91 Å². The highest BCUT2D eigenvalue weighted by atomic mass is 16.2.